The summed E-state index contributed by atoms with van der Waals surface area (Å²) in [6, 6.07) is 14.7. The second kappa shape index (κ2) is 10.3. The van der Waals surface area contributed by atoms with Crippen LogP contribution in [0.25, 0.3) is 0 Å². The van der Waals surface area contributed by atoms with Gasteiger partial charge in [-0.25, -0.2) is 9.79 Å². The van der Waals surface area contributed by atoms with Crippen molar-refractivity contribution in [3.8, 4) is 11.5 Å². The minimum absolute atomic E-state index is 0.0757. The quantitative estimate of drug-likeness (QED) is 0.526. The second-order valence-electron chi connectivity index (χ2n) is 8.30. The lowest BCUT2D eigenvalue weighted by molar-refractivity contribution is -0.143. The summed E-state index contributed by atoms with van der Waals surface area (Å²) < 4.78 is 17.1. The van der Waals surface area contributed by atoms with Gasteiger partial charge < -0.3 is 14.2 Å². The van der Waals surface area contributed by atoms with E-state index in [0.717, 1.165) is 11.1 Å². The van der Waals surface area contributed by atoms with Gasteiger partial charge in [-0.1, -0.05) is 48.2 Å². The molecule has 0 unspecified atom stereocenters. The highest BCUT2D eigenvalue weighted by atomic mass is 32.2. The Morgan fingerprint density at radius 3 is 2.65 bits per heavy atom. The van der Waals surface area contributed by atoms with Crippen LogP contribution >= 0.6 is 11.8 Å². The van der Waals surface area contributed by atoms with E-state index in [-0.39, 0.29) is 12.0 Å². The van der Waals surface area contributed by atoms with E-state index in [9.17, 15) is 9.59 Å². The maximum absolute atomic E-state index is 13.1. The monoisotopic (exact) mass is 480 g/mol. The minimum Gasteiger partial charge on any atom is -0.493 e. The molecule has 0 aliphatic carbocycles. The molecule has 1 atom stereocenters. The van der Waals surface area contributed by atoms with Gasteiger partial charge in [0.05, 0.1) is 30.5 Å². The van der Waals surface area contributed by atoms with Crippen molar-refractivity contribution in [3.05, 3.63) is 70.9 Å². The zero-order chi connectivity index (χ0) is 24.2. The standard InChI is InChI=1S/C26H28N2O5S/c1-16(2)33-25(30)23-17(3)27-26-28(22(29)12-13-34-26)24(23)19-10-11-20(21(14-19)31-4)32-15-18-8-6-5-7-9-18/h5-11,14,16,24H,12-13,15H2,1-4H3/t24-/m0/s1. The molecule has 0 radical (unpaired) electrons. The van der Waals surface area contributed by atoms with Crippen LogP contribution in [0.2, 0.25) is 0 Å². The van der Waals surface area contributed by atoms with E-state index in [0.29, 0.717) is 46.7 Å². The second-order valence-corrected chi connectivity index (χ2v) is 9.36. The zero-order valence-corrected chi connectivity index (χ0v) is 20.6. The van der Waals surface area contributed by atoms with Crippen LogP contribution in [0.3, 0.4) is 0 Å². The lowest BCUT2D eigenvalue weighted by Gasteiger charge is -2.39. The number of esters is 1. The largest absolute Gasteiger partial charge is 0.493 e. The maximum atomic E-state index is 13.1. The van der Waals surface area contributed by atoms with Crippen molar-refractivity contribution in [3.63, 3.8) is 0 Å². The molecule has 2 aliphatic rings. The molecule has 1 fully saturated rings. The van der Waals surface area contributed by atoms with Gasteiger partial charge in [0, 0.05) is 12.2 Å². The molecule has 2 aromatic rings. The van der Waals surface area contributed by atoms with E-state index in [1.54, 1.807) is 32.8 Å². The first-order valence-electron chi connectivity index (χ1n) is 11.2. The number of ether oxygens (including phenoxy) is 3. The van der Waals surface area contributed by atoms with Gasteiger partial charge in [-0.15, -0.1) is 0 Å². The van der Waals surface area contributed by atoms with Gasteiger partial charge >= 0.3 is 5.97 Å². The number of benzene rings is 2. The smallest absolute Gasteiger partial charge is 0.338 e. The summed E-state index contributed by atoms with van der Waals surface area (Å²) in [6.45, 7) is 5.76. The Labute approximate surface area is 203 Å². The minimum atomic E-state index is -0.656. The molecule has 178 valence electrons. The summed E-state index contributed by atoms with van der Waals surface area (Å²) in [5.41, 5.74) is 2.66. The van der Waals surface area contributed by atoms with Crippen molar-refractivity contribution < 1.29 is 23.8 Å². The van der Waals surface area contributed by atoms with E-state index < -0.39 is 12.0 Å². The lowest BCUT2D eigenvalue weighted by atomic mass is 9.93. The summed E-state index contributed by atoms with van der Waals surface area (Å²) in [5.74, 6) is 1.20. The number of nitrogens with zero attached hydrogens (tertiary/aromatic N) is 2. The van der Waals surface area contributed by atoms with E-state index in [1.165, 1.54) is 11.8 Å². The van der Waals surface area contributed by atoms with Gasteiger partial charge in [0.2, 0.25) is 5.91 Å². The lowest BCUT2D eigenvalue weighted by Crippen LogP contribution is -2.46. The number of hydrogen-bond acceptors (Lipinski definition) is 7. The molecule has 1 amide bonds. The Morgan fingerprint density at radius 1 is 1.18 bits per heavy atom. The van der Waals surface area contributed by atoms with Gasteiger partial charge in [-0.3, -0.25) is 9.69 Å². The summed E-state index contributed by atoms with van der Waals surface area (Å²) in [5, 5.41) is 0.600. The van der Waals surface area contributed by atoms with Crippen LogP contribution in [0.1, 0.15) is 44.4 Å². The van der Waals surface area contributed by atoms with Crippen LogP contribution < -0.4 is 9.47 Å². The third-order valence-electron chi connectivity index (χ3n) is 5.51. The van der Waals surface area contributed by atoms with Crippen molar-refractivity contribution in [1.82, 2.24) is 4.90 Å². The molecule has 0 N–H and O–H groups in total. The summed E-state index contributed by atoms with van der Waals surface area (Å²) >= 11 is 1.51. The normalized spacial score (nSPS) is 17.9. The van der Waals surface area contributed by atoms with E-state index >= 15 is 0 Å². The first kappa shape index (κ1) is 23.9. The average molecular weight is 481 g/mol. The first-order chi connectivity index (χ1) is 16.4. The number of amides is 1. The summed E-state index contributed by atoms with van der Waals surface area (Å²) in [4.78, 5) is 32.3. The van der Waals surface area contributed by atoms with Gasteiger partial charge in [0.15, 0.2) is 16.7 Å². The average Bonchev–Trinajstić information content (AvgIpc) is 2.82. The van der Waals surface area contributed by atoms with Crippen molar-refractivity contribution in [1.29, 1.82) is 0 Å². The molecule has 2 aliphatic heterocycles. The molecule has 1 saturated heterocycles. The molecule has 0 saturated carbocycles. The number of rotatable bonds is 7. The van der Waals surface area contributed by atoms with Crippen molar-refractivity contribution in [2.24, 2.45) is 4.99 Å². The van der Waals surface area contributed by atoms with Crippen molar-refractivity contribution in [2.45, 2.75) is 45.9 Å². The fourth-order valence-electron chi connectivity index (χ4n) is 3.96. The number of thioether (sulfide) groups is 1. The number of fused-ring (bicyclic) bond motifs is 1. The molecule has 0 spiro atoms. The van der Waals surface area contributed by atoms with E-state index in [4.69, 9.17) is 14.2 Å². The van der Waals surface area contributed by atoms with Crippen molar-refractivity contribution in [2.75, 3.05) is 12.9 Å². The molecular formula is C26H28N2O5S. The number of carbonyl (C=O) groups excluding carboxylic acids is 2. The number of allylic oxidation sites excluding steroid dienone is 1. The Balaban J connectivity index is 1.72. The van der Waals surface area contributed by atoms with Crippen LogP contribution in [-0.4, -0.2) is 40.9 Å². The summed E-state index contributed by atoms with van der Waals surface area (Å²) in [6.07, 6.45) is 0.0785. The molecule has 0 aromatic heterocycles. The third-order valence-corrected chi connectivity index (χ3v) is 6.46. The van der Waals surface area contributed by atoms with Crippen LogP contribution in [0.4, 0.5) is 0 Å². The van der Waals surface area contributed by atoms with Gasteiger partial charge in [-0.2, -0.15) is 0 Å². The predicted octanol–water partition coefficient (Wildman–Crippen LogP) is 4.88. The zero-order valence-electron chi connectivity index (χ0n) is 19.7. The highest BCUT2D eigenvalue weighted by Gasteiger charge is 2.42. The Morgan fingerprint density at radius 2 is 1.94 bits per heavy atom. The topological polar surface area (TPSA) is 77.4 Å². The fourth-order valence-corrected chi connectivity index (χ4v) is 4.97. The van der Waals surface area contributed by atoms with Crippen LogP contribution in [0.5, 0.6) is 11.5 Å². The Kier molecular flexibility index (Phi) is 7.26. The van der Waals surface area contributed by atoms with Gasteiger partial charge in [0.1, 0.15) is 6.61 Å². The highest BCUT2D eigenvalue weighted by Crippen LogP contribution is 2.42. The molecule has 8 heteroatoms. The maximum Gasteiger partial charge on any atom is 0.338 e. The number of hydrogen-bond donors (Lipinski definition) is 0. The Bertz CT molecular complexity index is 1140. The first-order valence-corrected chi connectivity index (χ1v) is 12.2. The van der Waals surface area contributed by atoms with E-state index in [2.05, 4.69) is 4.99 Å². The number of aliphatic imine (C=N–C) groups is 1. The number of carbonyl (C=O) groups is 2. The molecule has 0 bridgehead atoms. The van der Waals surface area contributed by atoms with E-state index in [1.807, 2.05) is 48.5 Å². The molecular weight excluding hydrogens is 452 g/mol. The van der Waals surface area contributed by atoms with Crippen LogP contribution in [0, 0.1) is 0 Å². The highest BCUT2D eigenvalue weighted by molar-refractivity contribution is 8.14. The van der Waals surface area contributed by atoms with Gasteiger partial charge in [-0.05, 0) is 44.0 Å². The summed E-state index contributed by atoms with van der Waals surface area (Å²) in [7, 11) is 1.57. The van der Waals surface area contributed by atoms with Crippen LogP contribution in [-0.2, 0) is 20.9 Å². The predicted molar refractivity (Wildman–Crippen MR) is 132 cm³/mol. The SMILES string of the molecule is COc1cc([C@H]2C(C(=O)OC(C)C)=C(C)N=C3SCCC(=O)N32)ccc1OCc1ccccc1. The third kappa shape index (κ3) is 4.97. The van der Waals surface area contributed by atoms with Crippen LogP contribution in [0.15, 0.2) is 64.8 Å². The molecule has 34 heavy (non-hydrogen) atoms. The van der Waals surface area contributed by atoms with Gasteiger partial charge in [0.25, 0.3) is 0 Å². The molecule has 2 heterocycles. The molecule has 7 nitrogen and oxygen atoms in total. The number of methoxy groups -OCH3 is 1. The molecule has 2 aromatic carbocycles. The fraction of sp³-hybridized carbons (Fsp3) is 0.346. The number of amidine groups is 1. The van der Waals surface area contributed by atoms with Crippen molar-refractivity contribution >= 4 is 28.8 Å². The Hall–Kier alpha value is -3.26. The molecule has 4 rings (SSSR count).